The van der Waals surface area contributed by atoms with Crippen LogP contribution in [0, 0.1) is 5.92 Å². The Labute approximate surface area is 168 Å². The second-order valence-electron chi connectivity index (χ2n) is 6.69. The first-order valence-electron chi connectivity index (χ1n) is 9.25. The van der Waals surface area contributed by atoms with Gasteiger partial charge in [-0.1, -0.05) is 12.1 Å². The molecule has 0 spiro atoms. The molecule has 1 amide bonds. The number of amides is 1. The minimum absolute atomic E-state index is 0.0641. The summed E-state index contributed by atoms with van der Waals surface area (Å²) in [6, 6.07) is 11.8. The molecule has 1 aliphatic heterocycles. The molecule has 0 bridgehead atoms. The number of nitrogens with one attached hydrogen (secondary N) is 1. The topological polar surface area (TPSA) is 75.9 Å². The van der Waals surface area contributed by atoms with E-state index in [9.17, 15) is 4.79 Å². The molecule has 3 aromatic rings. The SMILES string of the molecule is CSc1ccccc1NC(=O)C1CCCN(c2ccc(-n3ccnc3)nn2)C1. The van der Waals surface area contributed by atoms with Gasteiger partial charge in [0.2, 0.25) is 5.91 Å². The molecule has 0 radical (unpaired) electrons. The number of para-hydroxylation sites is 1. The molecule has 1 aliphatic rings. The van der Waals surface area contributed by atoms with Gasteiger partial charge in [0.1, 0.15) is 6.33 Å². The minimum Gasteiger partial charge on any atom is -0.354 e. The molecule has 0 saturated carbocycles. The van der Waals surface area contributed by atoms with Crippen molar-refractivity contribution in [3.63, 3.8) is 0 Å². The zero-order valence-electron chi connectivity index (χ0n) is 15.7. The lowest BCUT2D eigenvalue weighted by Gasteiger charge is -2.32. The van der Waals surface area contributed by atoms with Gasteiger partial charge in [-0.25, -0.2) is 4.98 Å². The standard InChI is InChI=1S/C20H22N6OS/c1-28-17-7-3-2-6-16(17)22-20(27)15-5-4-11-25(13-15)18-8-9-19(24-23-18)26-12-10-21-14-26/h2-3,6-10,12,14-15H,4-5,11,13H2,1H3,(H,22,27). The van der Waals surface area contributed by atoms with Gasteiger partial charge in [0.25, 0.3) is 0 Å². The number of aromatic nitrogens is 4. The molecule has 1 unspecified atom stereocenters. The van der Waals surface area contributed by atoms with Crippen molar-refractivity contribution in [2.75, 3.05) is 29.6 Å². The van der Waals surface area contributed by atoms with E-state index in [0.717, 1.165) is 41.6 Å². The van der Waals surface area contributed by atoms with Crippen molar-refractivity contribution in [2.45, 2.75) is 17.7 Å². The van der Waals surface area contributed by atoms with Crippen LogP contribution >= 0.6 is 11.8 Å². The van der Waals surface area contributed by atoms with E-state index in [-0.39, 0.29) is 11.8 Å². The average Bonchev–Trinajstić information content (AvgIpc) is 3.29. The van der Waals surface area contributed by atoms with E-state index in [4.69, 9.17) is 0 Å². The van der Waals surface area contributed by atoms with E-state index in [1.54, 1.807) is 24.3 Å². The smallest absolute Gasteiger partial charge is 0.229 e. The molecule has 144 valence electrons. The van der Waals surface area contributed by atoms with Gasteiger partial charge in [-0.15, -0.1) is 22.0 Å². The fourth-order valence-corrected chi connectivity index (χ4v) is 3.95. The predicted molar refractivity (Wildman–Crippen MR) is 111 cm³/mol. The maximum absolute atomic E-state index is 12.8. The number of rotatable bonds is 5. The molecular weight excluding hydrogens is 372 g/mol. The van der Waals surface area contributed by atoms with Gasteiger partial charge in [-0.3, -0.25) is 9.36 Å². The summed E-state index contributed by atoms with van der Waals surface area (Å²) in [5, 5.41) is 11.7. The Morgan fingerprint density at radius 3 is 2.75 bits per heavy atom. The molecule has 1 atom stereocenters. The summed E-state index contributed by atoms with van der Waals surface area (Å²) < 4.78 is 1.81. The molecule has 0 aliphatic carbocycles. The first-order valence-corrected chi connectivity index (χ1v) is 10.5. The molecule has 8 heteroatoms. The van der Waals surface area contributed by atoms with Crippen molar-refractivity contribution >= 4 is 29.2 Å². The van der Waals surface area contributed by atoms with Gasteiger partial charge in [0, 0.05) is 30.4 Å². The second-order valence-corrected chi connectivity index (χ2v) is 7.54. The number of hydrogen-bond donors (Lipinski definition) is 1. The normalized spacial score (nSPS) is 16.8. The molecular formula is C20H22N6OS. The van der Waals surface area contributed by atoms with Crippen LogP contribution in [0.15, 0.2) is 60.0 Å². The molecule has 1 N–H and O–H groups in total. The third kappa shape index (κ3) is 4.01. The monoisotopic (exact) mass is 394 g/mol. The van der Waals surface area contributed by atoms with E-state index >= 15 is 0 Å². The fraction of sp³-hybridized carbons (Fsp3) is 0.300. The van der Waals surface area contributed by atoms with Crippen LogP contribution in [0.5, 0.6) is 0 Å². The first kappa shape index (κ1) is 18.5. The highest BCUT2D eigenvalue weighted by atomic mass is 32.2. The Morgan fingerprint density at radius 1 is 1.18 bits per heavy atom. The van der Waals surface area contributed by atoms with Gasteiger partial charge < -0.3 is 10.2 Å². The number of piperidine rings is 1. The zero-order chi connectivity index (χ0) is 19.3. The van der Waals surface area contributed by atoms with Crippen LogP contribution < -0.4 is 10.2 Å². The molecule has 2 aromatic heterocycles. The summed E-state index contributed by atoms with van der Waals surface area (Å²) in [6.07, 6.45) is 9.07. The quantitative estimate of drug-likeness (QED) is 0.670. The van der Waals surface area contributed by atoms with E-state index in [1.807, 2.05) is 53.4 Å². The van der Waals surface area contributed by atoms with Crippen LogP contribution in [-0.4, -0.2) is 45.0 Å². The summed E-state index contributed by atoms with van der Waals surface area (Å²) in [5.41, 5.74) is 0.876. The number of hydrogen-bond acceptors (Lipinski definition) is 6. The molecule has 1 saturated heterocycles. The van der Waals surface area contributed by atoms with Gasteiger partial charge >= 0.3 is 0 Å². The van der Waals surface area contributed by atoms with Crippen LogP contribution in [-0.2, 0) is 4.79 Å². The van der Waals surface area contributed by atoms with Crippen molar-refractivity contribution in [2.24, 2.45) is 5.92 Å². The van der Waals surface area contributed by atoms with Crippen molar-refractivity contribution in [3.8, 4) is 5.82 Å². The Balaban J connectivity index is 1.43. The summed E-state index contributed by atoms with van der Waals surface area (Å²) in [7, 11) is 0. The van der Waals surface area contributed by atoms with Gasteiger partial charge in [0.15, 0.2) is 11.6 Å². The Morgan fingerprint density at radius 2 is 2.00 bits per heavy atom. The lowest BCUT2D eigenvalue weighted by Crippen LogP contribution is -2.41. The molecule has 4 rings (SSSR count). The number of carbonyl (C=O) groups is 1. The fourth-order valence-electron chi connectivity index (χ4n) is 3.40. The largest absolute Gasteiger partial charge is 0.354 e. The number of thioether (sulfide) groups is 1. The third-order valence-corrected chi connectivity index (χ3v) is 5.68. The Kier molecular flexibility index (Phi) is 5.57. The van der Waals surface area contributed by atoms with Crippen molar-refractivity contribution in [1.29, 1.82) is 0 Å². The highest BCUT2D eigenvalue weighted by Crippen LogP contribution is 2.27. The molecule has 3 heterocycles. The summed E-state index contributed by atoms with van der Waals surface area (Å²) >= 11 is 1.63. The molecule has 28 heavy (non-hydrogen) atoms. The molecule has 1 aromatic carbocycles. The number of imidazole rings is 1. The van der Waals surface area contributed by atoms with E-state index < -0.39 is 0 Å². The van der Waals surface area contributed by atoms with E-state index in [2.05, 4.69) is 25.4 Å². The molecule has 1 fully saturated rings. The summed E-state index contributed by atoms with van der Waals surface area (Å²) in [5.74, 6) is 1.51. The van der Waals surface area contributed by atoms with Gasteiger partial charge in [-0.05, 0) is 43.4 Å². The highest BCUT2D eigenvalue weighted by molar-refractivity contribution is 7.98. The van der Waals surface area contributed by atoms with Crippen molar-refractivity contribution in [3.05, 3.63) is 55.1 Å². The maximum Gasteiger partial charge on any atom is 0.229 e. The van der Waals surface area contributed by atoms with Crippen LogP contribution in [0.25, 0.3) is 5.82 Å². The lowest BCUT2D eigenvalue weighted by atomic mass is 9.97. The second kappa shape index (κ2) is 8.43. The van der Waals surface area contributed by atoms with Crippen LogP contribution in [0.3, 0.4) is 0 Å². The summed E-state index contributed by atoms with van der Waals surface area (Å²) in [6.45, 7) is 1.52. The number of anilines is 2. The zero-order valence-corrected chi connectivity index (χ0v) is 16.5. The van der Waals surface area contributed by atoms with E-state index in [1.165, 1.54) is 0 Å². The van der Waals surface area contributed by atoms with E-state index in [0.29, 0.717) is 6.54 Å². The van der Waals surface area contributed by atoms with Gasteiger partial charge in [-0.2, -0.15) is 0 Å². The van der Waals surface area contributed by atoms with Crippen LogP contribution in [0.1, 0.15) is 12.8 Å². The predicted octanol–water partition coefficient (Wildman–Crippen LogP) is 3.24. The van der Waals surface area contributed by atoms with Crippen molar-refractivity contribution in [1.82, 2.24) is 19.7 Å². The maximum atomic E-state index is 12.8. The Bertz CT molecular complexity index is 928. The number of carbonyl (C=O) groups excluding carboxylic acids is 1. The Hall–Kier alpha value is -2.87. The third-order valence-electron chi connectivity index (χ3n) is 4.89. The number of benzene rings is 1. The minimum atomic E-state index is -0.0706. The van der Waals surface area contributed by atoms with Gasteiger partial charge in [0.05, 0.1) is 11.6 Å². The highest BCUT2D eigenvalue weighted by Gasteiger charge is 2.27. The number of nitrogens with zero attached hydrogens (tertiary/aromatic N) is 5. The average molecular weight is 395 g/mol. The van der Waals surface area contributed by atoms with Crippen LogP contribution in [0.4, 0.5) is 11.5 Å². The summed E-state index contributed by atoms with van der Waals surface area (Å²) in [4.78, 5) is 20.1. The first-order chi connectivity index (χ1) is 13.7. The van der Waals surface area contributed by atoms with Crippen LogP contribution in [0.2, 0.25) is 0 Å². The van der Waals surface area contributed by atoms with Crippen molar-refractivity contribution < 1.29 is 4.79 Å². The molecule has 7 nitrogen and oxygen atoms in total. The lowest BCUT2D eigenvalue weighted by molar-refractivity contribution is -0.120.